The van der Waals surface area contributed by atoms with Crippen molar-refractivity contribution >= 4 is 9.76 Å². The van der Waals surface area contributed by atoms with Crippen molar-refractivity contribution in [1.82, 2.24) is 0 Å². The molecule has 0 bridgehead atoms. The summed E-state index contributed by atoms with van der Waals surface area (Å²) < 4.78 is 11.6. The Kier molecular flexibility index (Phi) is 5.70. The summed E-state index contributed by atoms with van der Waals surface area (Å²) in [7, 11) is -0.539. The fraction of sp³-hybridized carbons (Fsp3) is 1.00. The Bertz CT molecular complexity index is 139. The number of ether oxygens (including phenoxy) is 1. The van der Waals surface area contributed by atoms with Crippen LogP contribution < -0.4 is 5.73 Å². The molecule has 14 heavy (non-hydrogen) atoms. The normalized spacial score (nSPS) is 28.7. The van der Waals surface area contributed by atoms with Crippen molar-refractivity contribution in [3.8, 4) is 0 Å². The highest BCUT2D eigenvalue weighted by Gasteiger charge is 2.33. The highest BCUT2D eigenvalue weighted by Crippen LogP contribution is 2.28. The SMILES string of the molecule is CCO[SiH2]C1(CCCN)CCCCO1. The number of hydrogen-bond donors (Lipinski definition) is 1. The van der Waals surface area contributed by atoms with Crippen LogP contribution in [0.1, 0.15) is 39.0 Å². The second-order valence-corrected chi connectivity index (χ2v) is 6.00. The maximum Gasteiger partial charge on any atom is 0.194 e. The van der Waals surface area contributed by atoms with E-state index in [0.29, 0.717) is 0 Å². The maximum atomic E-state index is 5.95. The smallest absolute Gasteiger partial charge is 0.194 e. The zero-order valence-corrected chi connectivity index (χ0v) is 10.7. The molecule has 2 N–H and O–H groups in total. The predicted octanol–water partition coefficient (Wildman–Crippen LogP) is 0.742. The lowest BCUT2D eigenvalue weighted by Gasteiger charge is -2.36. The Morgan fingerprint density at radius 3 is 2.93 bits per heavy atom. The van der Waals surface area contributed by atoms with Gasteiger partial charge >= 0.3 is 0 Å². The highest BCUT2D eigenvalue weighted by molar-refractivity contribution is 6.31. The van der Waals surface area contributed by atoms with Gasteiger partial charge in [0.1, 0.15) is 0 Å². The van der Waals surface area contributed by atoms with Crippen LogP contribution in [0.5, 0.6) is 0 Å². The summed E-state index contributed by atoms with van der Waals surface area (Å²) in [6, 6.07) is 0. The van der Waals surface area contributed by atoms with Crippen molar-refractivity contribution in [2.45, 2.75) is 44.3 Å². The molecular formula is C10H23NO2Si. The summed E-state index contributed by atoms with van der Waals surface area (Å²) in [6.07, 6.45) is 5.88. The molecular weight excluding hydrogens is 194 g/mol. The van der Waals surface area contributed by atoms with Crippen molar-refractivity contribution in [2.24, 2.45) is 5.73 Å². The predicted molar refractivity (Wildman–Crippen MR) is 61.0 cm³/mol. The van der Waals surface area contributed by atoms with Crippen LogP contribution in [-0.2, 0) is 9.16 Å². The molecule has 1 heterocycles. The summed E-state index contributed by atoms with van der Waals surface area (Å²) in [5.74, 6) is 0. The minimum absolute atomic E-state index is 0.119. The van der Waals surface area contributed by atoms with Gasteiger partial charge in [-0.3, -0.25) is 0 Å². The van der Waals surface area contributed by atoms with E-state index < -0.39 is 9.76 Å². The van der Waals surface area contributed by atoms with Crippen LogP contribution in [0.4, 0.5) is 0 Å². The lowest BCUT2D eigenvalue weighted by Crippen LogP contribution is -2.44. The molecule has 0 aromatic carbocycles. The average Bonchev–Trinajstić information content (AvgIpc) is 2.25. The van der Waals surface area contributed by atoms with Crippen LogP contribution in [0.3, 0.4) is 0 Å². The quantitative estimate of drug-likeness (QED) is 0.668. The summed E-state index contributed by atoms with van der Waals surface area (Å²) in [4.78, 5) is 0. The van der Waals surface area contributed by atoms with E-state index in [9.17, 15) is 0 Å². The molecule has 0 aromatic heterocycles. The molecule has 84 valence electrons. The van der Waals surface area contributed by atoms with Gasteiger partial charge in [0.2, 0.25) is 0 Å². The van der Waals surface area contributed by atoms with Gasteiger partial charge in [0.05, 0.1) is 5.22 Å². The first kappa shape index (κ1) is 12.2. The molecule has 4 heteroatoms. The van der Waals surface area contributed by atoms with Gasteiger partial charge in [0.15, 0.2) is 9.76 Å². The third-order valence-corrected chi connectivity index (χ3v) is 4.89. The van der Waals surface area contributed by atoms with Crippen LogP contribution >= 0.6 is 0 Å². The van der Waals surface area contributed by atoms with Crippen LogP contribution in [0.2, 0.25) is 0 Å². The van der Waals surface area contributed by atoms with E-state index in [-0.39, 0.29) is 5.22 Å². The maximum absolute atomic E-state index is 5.95. The molecule has 0 spiro atoms. The van der Waals surface area contributed by atoms with Crippen molar-refractivity contribution in [2.75, 3.05) is 19.8 Å². The third kappa shape index (κ3) is 3.69. The average molecular weight is 217 g/mol. The van der Waals surface area contributed by atoms with E-state index >= 15 is 0 Å². The van der Waals surface area contributed by atoms with Gasteiger partial charge in [-0.2, -0.15) is 0 Å². The largest absolute Gasteiger partial charge is 0.421 e. The van der Waals surface area contributed by atoms with E-state index in [1.165, 1.54) is 19.3 Å². The summed E-state index contributed by atoms with van der Waals surface area (Å²) in [5.41, 5.74) is 5.55. The van der Waals surface area contributed by atoms with Gasteiger partial charge in [-0.05, 0) is 45.6 Å². The fourth-order valence-corrected chi connectivity index (χ4v) is 3.60. The molecule has 1 aliphatic rings. The monoisotopic (exact) mass is 217 g/mol. The van der Waals surface area contributed by atoms with Crippen LogP contribution in [0.25, 0.3) is 0 Å². The lowest BCUT2D eigenvalue weighted by atomic mass is 10.0. The number of nitrogens with two attached hydrogens (primary N) is 1. The Balaban J connectivity index is 2.39. The minimum atomic E-state index is -0.539. The number of hydrogen-bond acceptors (Lipinski definition) is 3. The summed E-state index contributed by atoms with van der Waals surface area (Å²) >= 11 is 0. The molecule has 1 aliphatic heterocycles. The summed E-state index contributed by atoms with van der Waals surface area (Å²) in [5, 5.41) is 0.119. The van der Waals surface area contributed by atoms with Crippen LogP contribution in [-0.4, -0.2) is 34.7 Å². The molecule has 1 unspecified atom stereocenters. The standard InChI is InChI=1S/C10H23NO2Si/c1-2-13-14-10(7-5-8-11)6-3-4-9-12-10/h2-9,11,14H2,1H3. The molecule has 3 nitrogen and oxygen atoms in total. The van der Waals surface area contributed by atoms with Gasteiger partial charge in [-0.15, -0.1) is 0 Å². The first-order chi connectivity index (χ1) is 6.83. The molecule has 0 saturated carbocycles. The second kappa shape index (κ2) is 6.56. The van der Waals surface area contributed by atoms with E-state index in [1.807, 2.05) is 0 Å². The van der Waals surface area contributed by atoms with Crippen molar-refractivity contribution < 1.29 is 9.16 Å². The molecule has 0 aromatic rings. The van der Waals surface area contributed by atoms with Gasteiger partial charge in [-0.25, -0.2) is 0 Å². The van der Waals surface area contributed by atoms with Gasteiger partial charge < -0.3 is 14.9 Å². The molecule has 0 aliphatic carbocycles. The van der Waals surface area contributed by atoms with Gasteiger partial charge in [0, 0.05) is 13.2 Å². The van der Waals surface area contributed by atoms with Gasteiger partial charge in [-0.1, -0.05) is 0 Å². The second-order valence-electron chi connectivity index (χ2n) is 4.02. The van der Waals surface area contributed by atoms with Crippen molar-refractivity contribution in [3.63, 3.8) is 0 Å². The lowest BCUT2D eigenvalue weighted by molar-refractivity contribution is -0.0350. The Labute approximate surface area is 89.3 Å². The first-order valence-corrected chi connectivity index (χ1v) is 7.03. The fourth-order valence-electron chi connectivity index (χ4n) is 2.01. The first-order valence-electron chi connectivity index (χ1n) is 5.75. The van der Waals surface area contributed by atoms with E-state index in [2.05, 4.69) is 6.92 Å². The minimum Gasteiger partial charge on any atom is -0.421 e. The topological polar surface area (TPSA) is 44.5 Å². The Morgan fingerprint density at radius 1 is 1.50 bits per heavy atom. The van der Waals surface area contributed by atoms with E-state index in [1.54, 1.807) is 0 Å². The number of rotatable bonds is 6. The highest BCUT2D eigenvalue weighted by atomic mass is 28.2. The van der Waals surface area contributed by atoms with E-state index in [4.69, 9.17) is 14.9 Å². The molecule has 1 rings (SSSR count). The molecule has 0 radical (unpaired) electrons. The van der Waals surface area contributed by atoms with E-state index in [0.717, 1.165) is 32.6 Å². The Morgan fingerprint density at radius 2 is 2.36 bits per heavy atom. The zero-order valence-electron chi connectivity index (χ0n) is 9.26. The molecule has 1 saturated heterocycles. The van der Waals surface area contributed by atoms with Crippen molar-refractivity contribution in [3.05, 3.63) is 0 Å². The zero-order chi connectivity index (χ0) is 10.3. The Hall–Kier alpha value is 0.0969. The van der Waals surface area contributed by atoms with Crippen LogP contribution in [0.15, 0.2) is 0 Å². The van der Waals surface area contributed by atoms with Crippen LogP contribution in [0, 0.1) is 0 Å². The van der Waals surface area contributed by atoms with Gasteiger partial charge in [0.25, 0.3) is 0 Å². The molecule has 1 fully saturated rings. The van der Waals surface area contributed by atoms with Crippen molar-refractivity contribution in [1.29, 1.82) is 0 Å². The summed E-state index contributed by atoms with van der Waals surface area (Å²) in [6.45, 7) is 4.59. The molecule has 0 amide bonds. The molecule has 1 atom stereocenters. The third-order valence-electron chi connectivity index (χ3n) is 2.84.